The fourth-order valence-electron chi connectivity index (χ4n) is 3.47. The van der Waals surface area contributed by atoms with Crippen LogP contribution in [-0.4, -0.2) is 57.2 Å². The molecule has 1 amide bonds. The molecule has 1 unspecified atom stereocenters. The number of hydrogen-bond acceptors (Lipinski definition) is 4. The number of methoxy groups -OCH3 is 1. The van der Waals surface area contributed by atoms with E-state index in [4.69, 9.17) is 4.74 Å². The standard InChI is InChI=1S/C19H31N3O2.ClH/c1-16(13-22(2)14-17-7-5-4-6-8-17)21-18(23)19(15-24-3)9-11-20-12-10-19;/h4-8,16,20H,9-15H2,1-3H3,(H,21,23);1H. The Morgan fingerprint density at radius 2 is 1.96 bits per heavy atom. The predicted molar refractivity (Wildman–Crippen MR) is 104 cm³/mol. The quantitative estimate of drug-likeness (QED) is 0.736. The van der Waals surface area contributed by atoms with Gasteiger partial charge in [-0.3, -0.25) is 4.79 Å². The van der Waals surface area contributed by atoms with Crippen LogP contribution >= 0.6 is 12.4 Å². The molecule has 1 aliphatic rings. The maximum atomic E-state index is 12.8. The summed E-state index contributed by atoms with van der Waals surface area (Å²) in [6.45, 7) is 6.02. The molecular weight excluding hydrogens is 338 g/mol. The van der Waals surface area contributed by atoms with E-state index < -0.39 is 0 Å². The van der Waals surface area contributed by atoms with Crippen LogP contribution in [0.4, 0.5) is 0 Å². The highest BCUT2D eigenvalue weighted by Crippen LogP contribution is 2.29. The summed E-state index contributed by atoms with van der Waals surface area (Å²) in [5.41, 5.74) is 0.902. The maximum absolute atomic E-state index is 12.8. The summed E-state index contributed by atoms with van der Waals surface area (Å²) in [5.74, 6) is 0.131. The normalized spacial score (nSPS) is 17.6. The Morgan fingerprint density at radius 1 is 1.32 bits per heavy atom. The van der Waals surface area contributed by atoms with Gasteiger partial charge in [-0.15, -0.1) is 12.4 Å². The number of amides is 1. The lowest BCUT2D eigenvalue weighted by Gasteiger charge is -2.36. The molecule has 0 aromatic heterocycles. The van der Waals surface area contributed by atoms with Crippen LogP contribution in [0, 0.1) is 5.41 Å². The summed E-state index contributed by atoms with van der Waals surface area (Å²) in [5, 5.41) is 6.53. The van der Waals surface area contributed by atoms with Gasteiger partial charge in [0.1, 0.15) is 0 Å². The summed E-state index contributed by atoms with van der Waals surface area (Å²) < 4.78 is 5.35. The van der Waals surface area contributed by atoms with E-state index in [0.717, 1.165) is 39.0 Å². The summed E-state index contributed by atoms with van der Waals surface area (Å²) >= 11 is 0. The predicted octanol–water partition coefficient (Wildman–Crippen LogP) is 2.06. The largest absolute Gasteiger partial charge is 0.384 e. The van der Waals surface area contributed by atoms with Gasteiger partial charge in [0.15, 0.2) is 0 Å². The second kappa shape index (κ2) is 10.8. The second-order valence-electron chi connectivity index (χ2n) is 7.02. The van der Waals surface area contributed by atoms with Crippen molar-refractivity contribution in [3.8, 4) is 0 Å². The Hall–Kier alpha value is -1.14. The lowest BCUT2D eigenvalue weighted by molar-refractivity contribution is -0.137. The summed E-state index contributed by atoms with van der Waals surface area (Å²) in [6, 6.07) is 10.5. The third-order valence-electron chi connectivity index (χ3n) is 4.72. The van der Waals surface area contributed by atoms with E-state index in [0.29, 0.717) is 6.61 Å². The number of benzene rings is 1. The number of ether oxygens (including phenoxy) is 1. The molecular formula is C19H32ClN3O2. The average molecular weight is 370 g/mol. The van der Waals surface area contributed by atoms with Crippen molar-refractivity contribution in [3.63, 3.8) is 0 Å². The van der Waals surface area contributed by atoms with Crippen molar-refractivity contribution in [2.45, 2.75) is 32.4 Å². The fourth-order valence-corrected chi connectivity index (χ4v) is 3.47. The fraction of sp³-hybridized carbons (Fsp3) is 0.632. The lowest BCUT2D eigenvalue weighted by Crippen LogP contribution is -2.53. The van der Waals surface area contributed by atoms with Crippen molar-refractivity contribution in [2.75, 3.05) is 40.4 Å². The van der Waals surface area contributed by atoms with E-state index in [2.05, 4.69) is 53.8 Å². The Balaban J connectivity index is 0.00000312. The molecule has 142 valence electrons. The zero-order chi connectivity index (χ0) is 17.4. The van der Waals surface area contributed by atoms with Crippen molar-refractivity contribution >= 4 is 18.3 Å². The van der Waals surface area contributed by atoms with Gasteiger partial charge in [0.05, 0.1) is 12.0 Å². The number of carbonyl (C=O) groups excluding carboxylic acids is 1. The first-order valence-electron chi connectivity index (χ1n) is 8.79. The third-order valence-corrected chi connectivity index (χ3v) is 4.72. The number of likely N-dealkylation sites (N-methyl/N-ethyl adjacent to an activating group) is 1. The molecule has 1 aromatic rings. The van der Waals surface area contributed by atoms with Gasteiger partial charge in [0.2, 0.25) is 5.91 Å². The molecule has 0 radical (unpaired) electrons. The zero-order valence-corrected chi connectivity index (χ0v) is 16.4. The molecule has 1 heterocycles. The first-order chi connectivity index (χ1) is 11.6. The Labute approximate surface area is 157 Å². The Kier molecular flexibility index (Phi) is 9.43. The minimum atomic E-state index is -0.383. The van der Waals surface area contributed by atoms with E-state index in [1.807, 2.05) is 6.07 Å². The summed E-state index contributed by atoms with van der Waals surface area (Å²) in [4.78, 5) is 15.1. The first kappa shape index (κ1) is 21.9. The van der Waals surface area contributed by atoms with Gasteiger partial charge < -0.3 is 20.3 Å². The Bertz CT molecular complexity index is 501. The summed E-state index contributed by atoms with van der Waals surface area (Å²) in [7, 11) is 3.76. The van der Waals surface area contributed by atoms with Gasteiger partial charge in [0, 0.05) is 26.2 Å². The molecule has 0 bridgehead atoms. The van der Waals surface area contributed by atoms with Crippen LogP contribution in [0.5, 0.6) is 0 Å². The molecule has 1 fully saturated rings. The minimum Gasteiger partial charge on any atom is -0.384 e. The highest BCUT2D eigenvalue weighted by molar-refractivity contribution is 5.85. The van der Waals surface area contributed by atoms with Crippen LogP contribution in [0.1, 0.15) is 25.3 Å². The van der Waals surface area contributed by atoms with Gasteiger partial charge in [-0.1, -0.05) is 30.3 Å². The molecule has 5 nitrogen and oxygen atoms in total. The summed E-state index contributed by atoms with van der Waals surface area (Å²) in [6.07, 6.45) is 1.67. The maximum Gasteiger partial charge on any atom is 0.228 e. The van der Waals surface area contributed by atoms with E-state index in [1.54, 1.807) is 7.11 Å². The van der Waals surface area contributed by atoms with Crippen molar-refractivity contribution < 1.29 is 9.53 Å². The molecule has 6 heteroatoms. The second-order valence-corrected chi connectivity index (χ2v) is 7.02. The molecule has 0 saturated carbocycles. The van der Waals surface area contributed by atoms with Gasteiger partial charge in [-0.25, -0.2) is 0 Å². The number of halogens is 1. The molecule has 0 aliphatic carbocycles. The molecule has 1 atom stereocenters. The van der Waals surface area contributed by atoms with Crippen LogP contribution < -0.4 is 10.6 Å². The monoisotopic (exact) mass is 369 g/mol. The highest BCUT2D eigenvalue weighted by Gasteiger charge is 2.40. The van der Waals surface area contributed by atoms with Crippen molar-refractivity contribution in [1.82, 2.24) is 15.5 Å². The van der Waals surface area contributed by atoms with Crippen molar-refractivity contribution in [1.29, 1.82) is 0 Å². The number of nitrogens with one attached hydrogen (secondary N) is 2. The highest BCUT2D eigenvalue weighted by atomic mass is 35.5. The number of hydrogen-bond donors (Lipinski definition) is 2. The number of carbonyl (C=O) groups is 1. The molecule has 25 heavy (non-hydrogen) atoms. The van der Waals surface area contributed by atoms with Crippen molar-refractivity contribution in [2.24, 2.45) is 5.41 Å². The van der Waals surface area contributed by atoms with Crippen LogP contribution in [0.25, 0.3) is 0 Å². The van der Waals surface area contributed by atoms with Gasteiger partial charge in [-0.2, -0.15) is 0 Å². The minimum absolute atomic E-state index is 0. The van der Waals surface area contributed by atoms with Crippen LogP contribution in [0.3, 0.4) is 0 Å². The van der Waals surface area contributed by atoms with Crippen LogP contribution in [0.2, 0.25) is 0 Å². The van der Waals surface area contributed by atoms with Gasteiger partial charge >= 0.3 is 0 Å². The van der Waals surface area contributed by atoms with E-state index in [-0.39, 0.29) is 29.8 Å². The van der Waals surface area contributed by atoms with E-state index in [1.165, 1.54) is 5.56 Å². The average Bonchev–Trinajstić information content (AvgIpc) is 2.56. The number of piperidine rings is 1. The van der Waals surface area contributed by atoms with Gasteiger partial charge in [-0.05, 0) is 45.5 Å². The van der Waals surface area contributed by atoms with E-state index >= 15 is 0 Å². The van der Waals surface area contributed by atoms with Gasteiger partial charge in [0.25, 0.3) is 0 Å². The number of rotatable bonds is 8. The van der Waals surface area contributed by atoms with Crippen LogP contribution in [0.15, 0.2) is 30.3 Å². The zero-order valence-electron chi connectivity index (χ0n) is 15.6. The SMILES string of the molecule is COCC1(C(=O)NC(C)CN(C)Cc2ccccc2)CCNCC1.Cl. The molecule has 2 rings (SSSR count). The molecule has 2 N–H and O–H groups in total. The van der Waals surface area contributed by atoms with Crippen molar-refractivity contribution in [3.05, 3.63) is 35.9 Å². The smallest absolute Gasteiger partial charge is 0.228 e. The molecule has 1 aliphatic heterocycles. The topological polar surface area (TPSA) is 53.6 Å². The lowest BCUT2D eigenvalue weighted by atomic mass is 9.78. The molecule has 1 saturated heterocycles. The van der Waals surface area contributed by atoms with Crippen LogP contribution in [-0.2, 0) is 16.1 Å². The molecule has 0 spiro atoms. The third kappa shape index (κ3) is 6.59. The first-order valence-corrected chi connectivity index (χ1v) is 8.79. The Morgan fingerprint density at radius 3 is 2.56 bits per heavy atom. The van der Waals surface area contributed by atoms with E-state index in [9.17, 15) is 4.79 Å². The molecule has 1 aromatic carbocycles. The number of nitrogens with zero attached hydrogens (tertiary/aromatic N) is 1.